The summed E-state index contributed by atoms with van der Waals surface area (Å²) in [6.07, 6.45) is 0.219. The number of esters is 1. The SMILES string of the molecule is CCOC(=O)C(N)CC(SC(C)C)C(N)=O. The standard InChI is InChI=1S/C10H20N2O3S/c1-4-15-10(14)7(11)5-8(9(12)13)16-6(2)3/h6-8H,4-5,11H2,1-3H3,(H2,12,13). The van der Waals surface area contributed by atoms with Crippen molar-refractivity contribution in [2.75, 3.05) is 6.61 Å². The van der Waals surface area contributed by atoms with Crippen LogP contribution in [-0.4, -0.2) is 35.0 Å². The molecule has 0 aliphatic rings. The van der Waals surface area contributed by atoms with Crippen molar-refractivity contribution in [3.63, 3.8) is 0 Å². The van der Waals surface area contributed by atoms with E-state index in [-0.39, 0.29) is 18.3 Å². The van der Waals surface area contributed by atoms with Gasteiger partial charge in [-0.05, 0) is 18.6 Å². The van der Waals surface area contributed by atoms with Gasteiger partial charge in [0.05, 0.1) is 11.9 Å². The van der Waals surface area contributed by atoms with Crippen molar-refractivity contribution in [2.24, 2.45) is 11.5 Å². The van der Waals surface area contributed by atoms with Crippen LogP contribution in [0, 0.1) is 0 Å². The summed E-state index contributed by atoms with van der Waals surface area (Å²) in [6, 6.07) is -0.788. The molecule has 16 heavy (non-hydrogen) atoms. The fourth-order valence-corrected chi connectivity index (χ4v) is 2.25. The van der Waals surface area contributed by atoms with Crippen LogP contribution in [0.2, 0.25) is 0 Å². The lowest BCUT2D eigenvalue weighted by Crippen LogP contribution is -2.39. The van der Waals surface area contributed by atoms with Crippen molar-refractivity contribution in [3.8, 4) is 0 Å². The Bertz CT molecular complexity index is 246. The van der Waals surface area contributed by atoms with Crippen LogP contribution in [0.1, 0.15) is 27.2 Å². The number of rotatable bonds is 7. The topological polar surface area (TPSA) is 95.4 Å². The molecule has 1 amide bonds. The van der Waals surface area contributed by atoms with Crippen LogP contribution in [0.25, 0.3) is 0 Å². The summed E-state index contributed by atoms with van der Waals surface area (Å²) in [6.45, 7) is 5.90. The van der Waals surface area contributed by atoms with Crippen LogP contribution in [0.3, 0.4) is 0 Å². The second kappa shape index (κ2) is 7.51. The highest BCUT2D eigenvalue weighted by molar-refractivity contribution is 8.01. The first-order valence-corrected chi connectivity index (χ1v) is 6.19. The predicted octanol–water partition coefficient (Wildman–Crippen LogP) is 0.262. The van der Waals surface area contributed by atoms with Crippen LogP contribution < -0.4 is 11.5 Å². The van der Waals surface area contributed by atoms with Crippen molar-refractivity contribution >= 4 is 23.6 Å². The molecule has 2 atom stereocenters. The first kappa shape index (κ1) is 15.2. The number of ether oxygens (including phenoxy) is 1. The van der Waals surface area contributed by atoms with Gasteiger partial charge in [0.15, 0.2) is 0 Å². The molecule has 0 rings (SSSR count). The van der Waals surface area contributed by atoms with Crippen molar-refractivity contribution in [2.45, 2.75) is 43.7 Å². The molecule has 0 aromatic carbocycles. The summed E-state index contributed by atoms with van der Waals surface area (Å²) < 4.78 is 4.76. The third-order valence-corrected chi connectivity index (χ3v) is 3.11. The molecule has 0 aromatic heterocycles. The Morgan fingerprint density at radius 1 is 1.38 bits per heavy atom. The maximum atomic E-state index is 11.3. The van der Waals surface area contributed by atoms with E-state index in [1.165, 1.54) is 11.8 Å². The summed E-state index contributed by atoms with van der Waals surface area (Å²) in [7, 11) is 0. The number of hydrogen-bond donors (Lipinski definition) is 2. The van der Waals surface area contributed by atoms with E-state index in [4.69, 9.17) is 16.2 Å². The Kier molecular flexibility index (Phi) is 7.16. The average molecular weight is 248 g/mol. The molecular formula is C10H20N2O3S. The molecule has 0 aromatic rings. The third kappa shape index (κ3) is 5.97. The molecule has 0 saturated carbocycles. The second-order valence-electron chi connectivity index (χ2n) is 3.67. The van der Waals surface area contributed by atoms with Gasteiger partial charge in [-0.25, -0.2) is 0 Å². The minimum absolute atomic E-state index is 0.219. The average Bonchev–Trinajstić information content (AvgIpc) is 2.16. The van der Waals surface area contributed by atoms with Crippen molar-refractivity contribution < 1.29 is 14.3 Å². The van der Waals surface area contributed by atoms with Gasteiger partial charge in [0.1, 0.15) is 6.04 Å². The molecule has 0 bridgehead atoms. The van der Waals surface area contributed by atoms with Gasteiger partial charge in [0, 0.05) is 0 Å². The van der Waals surface area contributed by atoms with Crippen LogP contribution >= 0.6 is 11.8 Å². The molecule has 2 unspecified atom stereocenters. The van der Waals surface area contributed by atoms with Gasteiger partial charge in [0.25, 0.3) is 0 Å². The Balaban J connectivity index is 4.28. The second-order valence-corrected chi connectivity index (χ2v) is 5.45. The van der Waals surface area contributed by atoms with Gasteiger partial charge < -0.3 is 16.2 Å². The van der Waals surface area contributed by atoms with Crippen LogP contribution in [-0.2, 0) is 14.3 Å². The number of thioether (sulfide) groups is 1. The van der Waals surface area contributed by atoms with E-state index in [1.807, 2.05) is 13.8 Å². The zero-order valence-corrected chi connectivity index (χ0v) is 10.8. The number of nitrogens with two attached hydrogens (primary N) is 2. The fraction of sp³-hybridized carbons (Fsp3) is 0.800. The van der Waals surface area contributed by atoms with Crippen LogP contribution in [0.5, 0.6) is 0 Å². The maximum absolute atomic E-state index is 11.3. The molecule has 6 heteroatoms. The van der Waals surface area contributed by atoms with Crippen molar-refractivity contribution in [3.05, 3.63) is 0 Å². The Hall–Kier alpha value is -0.750. The molecule has 0 aliphatic carbocycles. The van der Waals surface area contributed by atoms with E-state index in [1.54, 1.807) is 6.92 Å². The molecule has 5 nitrogen and oxygen atoms in total. The van der Waals surface area contributed by atoms with E-state index in [9.17, 15) is 9.59 Å². The Morgan fingerprint density at radius 2 is 1.94 bits per heavy atom. The number of carbonyl (C=O) groups is 2. The summed E-state index contributed by atoms with van der Waals surface area (Å²) in [5.74, 6) is -0.934. The summed E-state index contributed by atoms with van der Waals surface area (Å²) >= 11 is 1.41. The number of primary amides is 1. The molecule has 0 fully saturated rings. The van der Waals surface area contributed by atoms with E-state index in [2.05, 4.69) is 0 Å². The van der Waals surface area contributed by atoms with Gasteiger partial charge >= 0.3 is 5.97 Å². The molecule has 0 spiro atoms. The first-order chi connectivity index (χ1) is 7.38. The summed E-state index contributed by atoms with van der Waals surface area (Å²) in [5.41, 5.74) is 10.9. The lowest BCUT2D eigenvalue weighted by Gasteiger charge is -2.18. The highest BCUT2D eigenvalue weighted by atomic mass is 32.2. The first-order valence-electron chi connectivity index (χ1n) is 5.25. The Morgan fingerprint density at radius 3 is 2.31 bits per heavy atom. The molecule has 94 valence electrons. The smallest absolute Gasteiger partial charge is 0.322 e. The minimum Gasteiger partial charge on any atom is -0.465 e. The molecule has 0 radical (unpaired) electrons. The van der Waals surface area contributed by atoms with E-state index < -0.39 is 23.2 Å². The van der Waals surface area contributed by atoms with Crippen molar-refractivity contribution in [1.29, 1.82) is 0 Å². The number of hydrogen-bond acceptors (Lipinski definition) is 5. The highest BCUT2D eigenvalue weighted by Crippen LogP contribution is 2.21. The van der Waals surface area contributed by atoms with Gasteiger partial charge in [-0.3, -0.25) is 9.59 Å². The van der Waals surface area contributed by atoms with Crippen molar-refractivity contribution in [1.82, 2.24) is 0 Å². The minimum atomic E-state index is -0.788. The quantitative estimate of drug-likeness (QED) is 0.630. The zero-order valence-electron chi connectivity index (χ0n) is 9.93. The van der Waals surface area contributed by atoms with Crippen LogP contribution in [0.15, 0.2) is 0 Å². The normalized spacial score (nSPS) is 14.6. The van der Waals surface area contributed by atoms with Gasteiger partial charge in [-0.2, -0.15) is 0 Å². The summed E-state index contributed by atoms with van der Waals surface area (Å²) in [4.78, 5) is 22.4. The molecule has 0 aliphatic heterocycles. The molecular weight excluding hydrogens is 228 g/mol. The van der Waals surface area contributed by atoms with Gasteiger partial charge in [0.2, 0.25) is 5.91 Å². The largest absolute Gasteiger partial charge is 0.465 e. The van der Waals surface area contributed by atoms with Crippen LogP contribution in [0.4, 0.5) is 0 Å². The molecule has 4 N–H and O–H groups in total. The third-order valence-electron chi connectivity index (χ3n) is 1.81. The maximum Gasteiger partial charge on any atom is 0.322 e. The van der Waals surface area contributed by atoms with E-state index >= 15 is 0 Å². The molecule has 0 saturated heterocycles. The summed E-state index contributed by atoms with van der Waals surface area (Å²) in [5, 5.41) is -0.189. The monoisotopic (exact) mass is 248 g/mol. The van der Waals surface area contributed by atoms with Gasteiger partial charge in [-0.15, -0.1) is 11.8 Å². The number of amides is 1. The lowest BCUT2D eigenvalue weighted by molar-refractivity contribution is -0.144. The zero-order chi connectivity index (χ0) is 12.7. The van der Waals surface area contributed by atoms with E-state index in [0.717, 1.165) is 0 Å². The Labute approximate surface area is 100 Å². The lowest BCUT2D eigenvalue weighted by atomic mass is 10.1. The predicted molar refractivity (Wildman–Crippen MR) is 64.9 cm³/mol. The molecule has 0 heterocycles. The van der Waals surface area contributed by atoms with E-state index in [0.29, 0.717) is 0 Å². The fourth-order valence-electron chi connectivity index (χ4n) is 1.14. The number of carbonyl (C=O) groups excluding carboxylic acids is 2. The van der Waals surface area contributed by atoms with Gasteiger partial charge in [-0.1, -0.05) is 13.8 Å². The highest BCUT2D eigenvalue weighted by Gasteiger charge is 2.25.